The molecular formula is C9H8F3N3S. The van der Waals surface area contributed by atoms with Gasteiger partial charge in [-0.1, -0.05) is 0 Å². The fourth-order valence-electron chi connectivity index (χ4n) is 1.41. The molecule has 1 N–H and O–H groups in total. The first kappa shape index (κ1) is 11.2. The molecule has 1 fully saturated rings. The van der Waals surface area contributed by atoms with Crippen LogP contribution in [-0.4, -0.2) is 16.1 Å². The molecule has 1 heterocycles. The van der Waals surface area contributed by atoms with Crippen molar-refractivity contribution in [3.05, 3.63) is 11.3 Å². The molecule has 0 amide bonds. The van der Waals surface area contributed by atoms with Gasteiger partial charge in [-0.2, -0.15) is 22.8 Å². The number of nitrogens with one attached hydrogen (secondary N) is 1. The highest BCUT2D eigenvalue weighted by atomic mass is 32.1. The molecular weight excluding hydrogens is 239 g/mol. The summed E-state index contributed by atoms with van der Waals surface area (Å²) in [4.78, 5) is 0. The predicted molar refractivity (Wildman–Crippen MR) is 53.2 cm³/mol. The van der Waals surface area contributed by atoms with Crippen LogP contribution in [0.4, 0.5) is 18.2 Å². The van der Waals surface area contributed by atoms with Gasteiger partial charge in [-0.25, -0.2) is 0 Å². The van der Waals surface area contributed by atoms with E-state index in [9.17, 15) is 13.2 Å². The van der Waals surface area contributed by atoms with E-state index >= 15 is 0 Å². The first-order valence-corrected chi connectivity index (χ1v) is 5.38. The third kappa shape index (κ3) is 1.63. The summed E-state index contributed by atoms with van der Waals surface area (Å²) in [6.45, 7) is 1.60. The van der Waals surface area contributed by atoms with Gasteiger partial charge in [-0.05, 0) is 31.3 Å². The van der Waals surface area contributed by atoms with Gasteiger partial charge >= 0.3 is 6.18 Å². The summed E-state index contributed by atoms with van der Waals surface area (Å²) in [6, 6.07) is 1.86. The Morgan fingerprint density at radius 2 is 2.12 bits per heavy atom. The van der Waals surface area contributed by atoms with E-state index in [1.165, 1.54) is 0 Å². The lowest BCUT2D eigenvalue weighted by Gasteiger charge is -2.20. The summed E-state index contributed by atoms with van der Waals surface area (Å²) < 4.78 is 41.9. The van der Waals surface area contributed by atoms with Gasteiger partial charge in [-0.15, -0.1) is 0 Å². The summed E-state index contributed by atoms with van der Waals surface area (Å²) in [6.07, 6.45) is -4.17. The number of hydrogen-bond donors (Lipinski definition) is 1. The van der Waals surface area contributed by atoms with Crippen LogP contribution in [0.2, 0.25) is 0 Å². The summed E-state index contributed by atoms with van der Waals surface area (Å²) in [5.74, 6) is 0. The maximum Gasteiger partial charge on any atom is 0.411 e. The Balaban J connectivity index is 2.26. The van der Waals surface area contributed by atoms with Crippen LogP contribution >= 0.6 is 11.5 Å². The largest absolute Gasteiger partial charge is 0.411 e. The lowest BCUT2D eigenvalue weighted by Crippen LogP contribution is -2.38. The Kier molecular flexibility index (Phi) is 2.35. The normalized spacial score (nSPS) is 17.9. The molecule has 1 saturated carbocycles. The highest BCUT2D eigenvalue weighted by Gasteiger charge is 2.63. The van der Waals surface area contributed by atoms with Gasteiger partial charge in [0.1, 0.15) is 22.2 Å². The number of halogens is 3. The Bertz CT molecular complexity index is 454. The molecule has 1 aliphatic rings. The van der Waals surface area contributed by atoms with Crippen molar-refractivity contribution >= 4 is 16.5 Å². The molecule has 0 atom stereocenters. The van der Waals surface area contributed by atoms with Gasteiger partial charge in [0, 0.05) is 0 Å². The minimum absolute atomic E-state index is 0.0539. The lowest BCUT2D eigenvalue weighted by molar-refractivity contribution is -0.151. The van der Waals surface area contributed by atoms with Crippen molar-refractivity contribution in [1.29, 1.82) is 5.26 Å². The van der Waals surface area contributed by atoms with Crippen molar-refractivity contribution in [2.75, 3.05) is 5.32 Å². The number of nitriles is 1. The molecule has 16 heavy (non-hydrogen) atoms. The minimum Gasteiger partial charge on any atom is -0.361 e. The number of nitrogens with zero attached hydrogens (tertiary/aromatic N) is 2. The Morgan fingerprint density at radius 3 is 2.56 bits per heavy atom. The molecule has 3 nitrogen and oxygen atoms in total. The van der Waals surface area contributed by atoms with E-state index in [2.05, 4.69) is 9.69 Å². The average molecular weight is 247 g/mol. The second kappa shape index (κ2) is 3.35. The van der Waals surface area contributed by atoms with E-state index < -0.39 is 11.7 Å². The van der Waals surface area contributed by atoms with Crippen LogP contribution in [0.15, 0.2) is 0 Å². The van der Waals surface area contributed by atoms with E-state index in [0.717, 1.165) is 11.5 Å². The zero-order valence-electron chi connectivity index (χ0n) is 8.35. The van der Waals surface area contributed by atoms with E-state index in [-0.39, 0.29) is 23.4 Å². The second-order valence-electron chi connectivity index (χ2n) is 3.79. The van der Waals surface area contributed by atoms with Crippen molar-refractivity contribution in [3.8, 4) is 6.07 Å². The van der Waals surface area contributed by atoms with Crippen LogP contribution < -0.4 is 5.32 Å². The molecule has 1 aromatic heterocycles. The standard InChI is InChI=1S/C9H8F3N3S/c1-5-6(4-13)7(16-15-5)14-8(2-3-8)9(10,11)12/h14H,2-3H2,1H3. The SMILES string of the molecule is Cc1nsc(NC2(C(F)(F)F)CC2)c1C#N. The molecule has 1 aromatic rings. The van der Waals surface area contributed by atoms with E-state index in [4.69, 9.17) is 5.26 Å². The Labute approximate surface area is 94.1 Å². The molecule has 0 radical (unpaired) electrons. The Morgan fingerprint density at radius 1 is 1.50 bits per heavy atom. The van der Waals surface area contributed by atoms with Crippen LogP contribution in [-0.2, 0) is 0 Å². The summed E-state index contributed by atoms with van der Waals surface area (Å²) in [5, 5.41) is 11.4. The first-order chi connectivity index (χ1) is 7.39. The molecule has 0 aliphatic heterocycles. The van der Waals surface area contributed by atoms with E-state index in [0.29, 0.717) is 5.69 Å². The third-order valence-electron chi connectivity index (χ3n) is 2.62. The van der Waals surface area contributed by atoms with Crippen LogP contribution in [0.25, 0.3) is 0 Å². The van der Waals surface area contributed by atoms with Crippen molar-refractivity contribution in [2.24, 2.45) is 0 Å². The summed E-state index contributed by atoms with van der Waals surface area (Å²) in [7, 11) is 0. The van der Waals surface area contributed by atoms with Gasteiger partial charge in [0.05, 0.1) is 5.69 Å². The van der Waals surface area contributed by atoms with Crippen LogP contribution in [0.5, 0.6) is 0 Å². The molecule has 1 aliphatic carbocycles. The molecule has 7 heteroatoms. The van der Waals surface area contributed by atoms with Crippen LogP contribution in [0.3, 0.4) is 0 Å². The van der Waals surface area contributed by atoms with Gasteiger partial charge in [0.25, 0.3) is 0 Å². The highest BCUT2D eigenvalue weighted by Crippen LogP contribution is 2.52. The average Bonchev–Trinajstić information content (AvgIpc) is 2.87. The van der Waals surface area contributed by atoms with Gasteiger partial charge in [-0.3, -0.25) is 0 Å². The third-order valence-corrected chi connectivity index (χ3v) is 3.47. The molecule has 2 rings (SSSR count). The number of anilines is 1. The molecule has 0 unspecified atom stereocenters. The van der Waals surface area contributed by atoms with Crippen LogP contribution in [0.1, 0.15) is 24.1 Å². The predicted octanol–water partition coefficient (Wildman–Crippen LogP) is 2.83. The molecule has 0 saturated heterocycles. The quantitative estimate of drug-likeness (QED) is 0.874. The number of rotatable bonds is 2. The van der Waals surface area contributed by atoms with Crippen molar-refractivity contribution in [1.82, 2.24) is 4.37 Å². The van der Waals surface area contributed by atoms with Crippen molar-refractivity contribution in [3.63, 3.8) is 0 Å². The first-order valence-electron chi connectivity index (χ1n) is 4.61. The molecule has 0 aromatic carbocycles. The number of aryl methyl sites for hydroxylation is 1. The Hall–Kier alpha value is -1.29. The van der Waals surface area contributed by atoms with Gasteiger partial charge in [0.15, 0.2) is 0 Å². The van der Waals surface area contributed by atoms with Crippen molar-refractivity contribution < 1.29 is 13.2 Å². The molecule has 0 spiro atoms. The molecule has 0 bridgehead atoms. The van der Waals surface area contributed by atoms with Crippen molar-refractivity contribution in [2.45, 2.75) is 31.5 Å². The zero-order chi connectivity index (χ0) is 12.0. The topological polar surface area (TPSA) is 48.7 Å². The van der Waals surface area contributed by atoms with Gasteiger partial charge < -0.3 is 5.32 Å². The monoisotopic (exact) mass is 247 g/mol. The summed E-state index contributed by atoms with van der Waals surface area (Å²) >= 11 is 0.900. The lowest BCUT2D eigenvalue weighted by atomic mass is 10.2. The fourth-order valence-corrected chi connectivity index (χ4v) is 2.25. The fraction of sp³-hybridized carbons (Fsp3) is 0.556. The smallest absolute Gasteiger partial charge is 0.361 e. The number of aromatic nitrogens is 1. The minimum atomic E-state index is -4.28. The van der Waals surface area contributed by atoms with E-state index in [1.54, 1.807) is 6.92 Å². The van der Waals surface area contributed by atoms with E-state index in [1.807, 2.05) is 6.07 Å². The highest BCUT2D eigenvalue weighted by molar-refractivity contribution is 7.10. The zero-order valence-corrected chi connectivity index (χ0v) is 9.17. The number of alkyl halides is 3. The summed E-state index contributed by atoms with van der Waals surface area (Å²) in [5.41, 5.74) is -1.16. The van der Waals surface area contributed by atoms with Crippen LogP contribution in [0, 0.1) is 18.3 Å². The molecule has 86 valence electrons. The van der Waals surface area contributed by atoms with Gasteiger partial charge in [0.2, 0.25) is 0 Å². The number of hydrogen-bond acceptors (Lipinski definition) is 4. The maximum absolute atomic E-state index is 12.7. The second-order valence-corrected chi connectivity index (χ2v) is 4.56. The maximum atomic E-state index is 12.7.